The van der Waals surface area contributed by atoms with Crippen molar-refractivity contribution >= 4 is 27.5 Å². The van der Waals surface area contributed by atoms with Crippen LogP contribution in [0.4, 0.5) is 8.78 Å². The molecule has 0 atom stereocenters. The molecule has 0 unspecified atom stereocenters. The van der Waals surface area contributed by atoms with Crippen LogP contribution in [0.5, 0.6) is 5.75 Å². The molecule has 3 aromatic rings. The Morgan fingerprint density at radius 1 is 1.15 bits per heavy atom. The first-order valence-electron chi connectivity index (χ1n) is 7.62. The van der Waals surface area contributed by atoms with Crippen molar-refractivity contribution in [1.29, 1.82) is 0 Å². The molecule has 0 aliphatic heterocycles. The largest absolute Gasteiger partial charge is 0.487 e. The van der Waals surface area contributed by atoms with Crippen molar-refractivity contribution in [2.45, 2.75) is 13.5 Å². The fourth-order valence-electron chi connectivity index (χ4n) is 2.51. The highest BCUT2D eigenvalue weighted by Crippen LogP contribution is 2.27. The van der Waals surface area contributed by atoms with E-state index in [1.807, 2.05) is 0 Å². The molecule has 1 aromatic heterocycles. The van der Waals surface area contributed by atoms with Crippen LogP contribution in [-0.2, 0) is 6.61 Å². The summed E-state index contributed by atoms with van der Waals surface area (Å²) < 4.78 is 33.9. The monoisotopic (exact) mass is 439 g/mol. The number of aromatic nitrogens is 1. The van der Waals surface area contributed by atoms with Crippen molar-refractivity contribution in [3.63, 3.8) is 0 Å². The molecule has 7 heteroatoms. The van der Waals surface area contributed by atoms with Crippen LogP contribution in [0.3, 0.4) is 0 Å². The van der Waals surface area contributed by atoms with E-state index in [4.69, 9.17) is 16.3 Å². The number of halogens is 4. The van der Waals surface area contributed by atoms with Gasteiger partial charge in [-0.05, 0) is 47.1 Å². The molecule has 0 aliphatic carbocycles. The lowest BCUT2D eigenvalue weighted by Crippen LogP contribution is -2.22. The third-order valence-electron chi connectivity index (χ3n) is 3.79. The first-order valence-corrected chi connectivity index (χ1v) is 8.79. The molecule has 0 spiro atoms. The number of aryl methyl sites for hydroxylation is 1. The van der Waals surface area contributed by atoms with Gasteiger partial charge < -0.3 is 4.74 Å². The predicted molar refractivity (Wildman–Crippen MR) is 100 cm³/mol. The highest BCUT2D eigenvalue weighted by atomic mass is 79.9. The molecule has 0 aliphatic rings. The van der Waals surface area contributed by atoms with Crippen molar-refractivity contribution in [1.82, 2.24) is 4.57 Å². The minimum Gasteiger partial charge on any atom is -0.487 e. The summed E-state index contributed by atoms with van der Waals surface area (Å²) in [6.45, 7) is 1.60. The zero-order valence-electron chi connectivity index (χ0n) is 13.6. The van der Waals surface area contributed by atoms with Gasteiger partial charge in [0.1, 0.15) is 28.5 Å². The lowest BCUT2D eigenvalue weighted by atomic mass is 10.2. The molecular formula is C19H13BrClF2NO2. The van der Waals surface area contributed by atoms with Crippen molar-refractivity contribution in [3.05, 3.63) is 91.3 Å². The lowest BCUT2D eigenvalue weighted by molar-refractivity contribution is 0.296. The third-order valence-corrected chi connectivity index (χ3v) is 4.84. The quantitative estimate of drug-likeness (QED) is 0.542. The van der Waals surface area contributed by atoms with Gasteiger partial charge in [-0.25, -0.2) is 8.78 Å². The normalized spacial score (nSPS) is 10.8. The van der Waals surface area contributed by atoms with Crippen LogP contribution in [0.25, 0.3) is 5.69 Å². The number of nitrogens with zero attached hydrogens (tertiary/aromatic N) is 1. The van der Waals surface area contributed by atoms with Gasteiger partial charge in [0.2, 0.25) is 0 Å². The van der Waals surface area contributed by atoms with Crippen molar-refractivity contribution < 1.29 is 13.5 Å². The van der Waals surface area contributed by atoms with Gasteiger partial charge in [-0.3, -0.25) is 9.36 Å². The van der Waals surface area contributed by atoms with Gasteiger partial charge in [0.05, 0.1) is 10.7 Å². The number of hydrogen-bond donors (Lipinski definition) is 0. The SMILES string of the molecule is Cc1cc(OCc2ccc(F)cc2F)c(Br)c(=O)n1-c1ccccc1Cl. The average molecular weight is 441 g/mol. The molecule has 3 nitrogen and oxygen atoms in total. The summed E-state index contributed by atoms with van der Waals surface area (Å²) in [7, 11) is 0. The van der Waals surface area contributed by atoms with E-state index in [2.05, 4.69) is 15.9 Å². The second kappa shape index (κ2) is 7.60. The van der Waals surface area contributed by atoms with Crippen LogP contribution in [0.2, 0.25) is 5.02 Å². The highest BCUT2D eigenvalue weighted by molar-refractivity contribution is 9.10. The molecular weight excluding hydrogens is 428 g/mol. The van der Waals surface area contributed by atoms with Gasteiger partial charge in [0, 0.05) is 23.4 Å². The van der Waals surface area contributed by atoms with E-state index in [1.165, 1.54) is 10.6 Å². The summed E-state index contributed by atoms with van der Waals surface area (Å²) in [5, 5.41) is 0.437. The maximum absolute atomic E-state index is 13.7. The average Bonchev–Trinajstić information content (AvgIpc) is 2.60. The van der Waals surface area contributed by atoms with E-state index >= 15 is 0 Å². The van der Waals surface area contributed by atoms with Gasteiger partial charge in [0.25, 0.3) is 5.56 Å². The minimum atomic E-state index is -0.706. The third kappa shape index (κ3) is 3.66. The number of hydrogen-bond acceptors (Lipinski definition) is 2. The number of para-hydroxylation sites is 1. The molecule has 0 saturated carbocycles. The Kier molecular flexibility index (Phi) is 5.44. The van der Waals surface area contributed by atoms with E-state index < -0.39 is 11.6 Å². The summed E-state index contributed by atoms with van der Waals surface area (Å²) in [6.07, 6.45) is 0. The van der Waals surface area contributed by atoms with Crippen LogP contribution in [0.15, 0.2) is 57.8 Å². The molecule has 0 N–H and O–H groups in total. The number of rotatable bonds is 4. The molecule has 0 saturated heterocycles. The van der Waals surface area contributed by atoms with E-state index in [9.17, 15) is 13.6 Å². The second-order valence-electron chi connectivity index (χ2n) is 5.58. The Labute approximate surface area is 161 Å². The zero-order chi connectivity index (χ0) is 18.8. The van der Waals surface area contributed by atoms with Crippen LogP contribution >= 0.6 is 27.5 Å². The second-order valence-corrected chi connectivity index (χ2v) is 6.78. The van der Waals surface area contributed by atoms with Crippen LogP contribution < -0.4 is 10.3 Å². The Hall–Kier alpha value is -2.18. The van der Waals surface area contributed by atoms with E-state index in [1.54, 1.807) is 37.3 Å². The fourth-order valence-corrected chi connectivity index (χ4v) is 3.14. The number of benzene rings is 2. The fraction of sp³-hybridized carbons (Fsp3) is 0.105. The first kappa shape index (κ1) is 18.6. The van der Waals surface area contributed by atoms with Gasteiger partial charge in [-0.15, -0.1) is 0 Å². The molecule has 26 heavy (non-hydrogen) atoms. The molecule has 0 bridgehead atoms. The standard InChI is InChI=1S/C19H13BrClF2NO2/c1-11-8-17(26-10-12-6-7-13(22)9-15(12)23)18(20)19(25)24(11)16-5-3-2-4-14(16)21/h2-9H,10H2,1H3. The van der Waals surface area contributed by atoms with Crippen LogP contribution in [0.1, 0.15) is 11.3 Å². The van der Waals surface area contributed by atoms with E-state index in [-0.39, 0.29) is 28.0 Å². The van der Waals surface area contributed by atoms with Crippen LogP contribution in [-0.4, -0.2) is 4.57 Å². The summed E-state index contributed by atoms with van der Waals surface area (Å²) in [6, 6.07) is 11.9. The van der Waals surface area contributed by atoms with Crippen molar-refractivity contribution in [2.75, 3.05) is 0 Å². The summed E-state index contributed by atoms with van der Waals surface area (Å²) in [5.74, 6) is -1.10. The van der Waals surface area contributed by atoms with E-state index in [0.29, 0.717) is 16.4 Å². The van der Waals surface area contributed by atoms with Crippen molar-refractivity contribution in [2.24, 2.45) is 0 Å². The van der Waals surface area contributed by atoms with E-state index in [0.717, 1.165) is 12.1 Å². The predicted octanol–water partition coefficient (Wildman–Crippen LogP) is 5.42. The molecule has 0 radical (unpaired) electrons. The van der Waals surface area contributed by atoms with Gasteiger partial charge >= 0.3 is 0 Å². The van der Waals surface area contributed by atoms with Gasteiger partial charge in [-0.2, -0.15) is 0 Å². The molecule has 2 aromatic carbocycles. The topological polar surface area (TPSA) is 31.2 Å². The minimum absolute atomic E-state index is 0.139. The van der Waals surface area contributed by atoms with Crippen LogP contribution in [0, 0.1) is 18.6 Å². The lowest BCUT2D eigenvalue weighted by Gasteiger charge is -2.15. The van der Waals surface area contributed by atoms with Gasteiger partial charge in [0.15, 0.2) is 0 Å². The summed E-state index contributed by atoms with van der Waals surface area (Å²) in [5.41, 5.74) is 0.980. The highest BCUT2D eigenvalue weighted by Gasteiger charge is 2.15. The molecule has 1 heterocycles. The van der Waals surface area contributed by atoms with Gasteiger partial charge in [-0.1, -0.05) is 23.7 Å². The first-order chi connectivity index (χ1) is 12.4. The summed E-state index contributed by atoms with van der Waals surface area (Å²) >= 11 is 9.42. The van der Waals surface area contributed by atoms with Crippen molar-refractivity contribution in [3.8, 4) is 11.4 Å². The Balaban J connectivity index is 1.96. The summed E-state index contributed by atoms with van der Waals surface area (Å²) in [4.78, 5) is 12.7. The maximum atomic E-state index is 13.7. The molecule has 134 valence electrons. The Bertz CT molecular complexity index is 1040. The molecule has 0 amide bonds. The Morgan fingerprint density at radius 2 is 1.88 bits per heavy atom. The number of ether oxygens (including phenoxy) is 1. The molecule has 3 rings (SSSR count). The smallest absolute Gasteiger partial charge is 0.273 e. The maximum Gasteiger partial charge on any atom is 0.273 e. The zero-order valence-corrected chi connectivity index (χ0v) is 15.9. The Morgan fingerprint density at radius 3 is 2.58 bits per heavy atom. The molecule has 0 fully saturated rings. The number of pyridine rings is 1.